The second-order valence-electron chi connectivity index (χ2n) is 6.99. The fourth-order valence-corrected chi connectivity index (χ4v) is 4.22. The molecular formula is C21H19N3O. The molecule has 1 spiro atoms. The Balaban J connectivity index is 1.37. The van der Waals surface area contributed by atoms with Crippen LogP contribution < -0.4 is 0 Å². The van der Waals surface area contributed by atoms with Crippen LogP contribution in [0.15, 0.2) is 54.7 Å². The molecule has 4 nitrogen and oxygen atoms in total. The number of pyridine rings is 1. The number of amides is 1. The third-order valence-electron chi connectivity index (χ3n) is 5.64. The van der Waals surface area contributed by atoms with E-state index in [1.165, 1.54) is 11.1 Å². The number of hydrogen-bond donors (Lipinski definition) is 1. The van der Waals surface area contributed by atoms with Gasteiger partial charge in [0.1, 0.15) is 11.3 Å². The fraction of sp³-hybridized carbons (Fsp3) is 0.238. The van der Waals surface area contributed by atoms with Gasteiger partial charge in [0.05, 0.1) is 0 Å². The number of H-pyrrole nitrogens is 1. The molecule has 3 heterocycles. The van der Waals surface area contributed by atoms with Crippen molar-refractivity contribution >= 4 is 23.0 Å². The molecule has 0 unspecified atom stereocenters. The zero-order chi connectivity index (χ0) is 16.9. The first-order valence-corrected chi connectivity index (χ1v) is 8.77. The molecule has 0 atom stereocenters. The number of benzene rings is 1. The number of fused-ring (bicyclic) bond motifs is 3. The van der Waals surface area contributed by atoms with Gasteiger partial charge in [0, 0.05) is 30.1 Å². The lowest BCUT2D eigenvalue weighted by Crippen LogP contribution is -2.44. The molecule has 1 amide bonds. The first-order chi connectivity index (χ1) is 12.3. The minimum absolute atomic E-state index is 0.0723. The number of likely N-dealkylation sites (tertiary alicyclic amines) is 1. The Bertz CT molecular complexity index is 960. The van der Waals surface area contributed by atoms with E-state index in [0.717, 1.165) is 37.0 Å². The lowest BCUT2D eigenvalue weighted by Gasteiger charge is -2.39. The van der Waals surface area contributed by atoms with Crippen LogP contribution in [0.1, 0.15) is 34.5 Å². The standard InChI is InChI=1S/C21H19N3O/c25-20(18-14-16-5-3-11-22-19(16)23-18)24-12-9-21(10-13-24)8-7-15-4-1-2-6-17(15)21/h1-8,11,14H,9-10,12-13H2,(H,22,23). The number of piperidine rings is 1. The highest BCUT2D eigenvalue weighted by Crippen LogP contribution is 2.43. The van der Waals surface area contributed by atoms with E-state index in [2.05, 4.69) is 46.4 Å². The predicted molar refractivity (Wildman–Crippen MR) is 98.4 cm³/mol. The average molecular weight is 329 g/mol. The van der Waals surface area contributed by atoms with Crippen molar-refractivity contribution in [2.45, 2.75) is 18.3 Å². The van der Waals surface area contributed by atoms with Crippen LogP contribution >= 0.6 is 0 Å². The summed E-state index contributed by atoms with van der Waals surface area (Å²) < 4.78 is 0. The SMILES string of the molecule is O=C(c1cc2cccnc2[nH]1)N1CCC2(C=Cc3ccccc32)CC1. The lowest BCUT2D eigenvalue weighted by molar-refractivity contribution is 0.0685. The Morgan fingerprint density at radius 1 is 1.12 bits per heavy atom. The topological polar surface area (TPSA) is 49.0 Å². The second-order valence-corrected chi connectivity index (χ2v) is 6.99. The van der Waals surface area contributed by atoms with E-state index >= 15 is 0 Å². The molecule has 1 aliphatic heterocycles. The Morgan fingerprint density at radius 3 is 2.80 bits per heavy atom. The molecule has 2 aliphatic rings. The van der Waals surface area contributed by atoms with Crippen LogP contribution in [0.25, 0.3) is 17.1 Å². The zero-order valence-corrected chi connectivity index (χ0v) is 13.9. The number of allylic oxidation sites excluding steroid dienone is 1. The molecule has 25 heavy (non-hydrogen) atoms. The van der Waals surface area contributed by atoms with Crippen LogP contribution in [0, 0.1) is 0 Å². The summed E-state index contributed by atoms with van der Waals surface area (Å²) in [6.07, 6.45) is 8.26. The van der Waals surface area contributed by atoms with Crippen molar-refractivity contribution in [3.05, 3.63) is 71.6 Å². The minimum atomic E-state index is 0.0723. The first-order valence-electron chi connectivity index (χ1n) is 8.77. The van der Waals surface area contributed by atoms with Crippen LogP contribution in [0.2, 0.25) is 0 Å². The van der Waals surface area contributed by atoms with Crippen molar-refractivity contribution in [2.75, 3.05) is 13.1 Å². The smallest absolute Gasteiger partial charge is 0.270 e. The highest BCUT2D eigenvalue weighted by molar-refractivity contribution is 5.97. The predicted octanol–water partition coefficient (Wildman–Crippen LogP) is 3.76. The molecule has 2 aromatic heterocycles. The average Bonchev–Trinajstić information content (AvgIpc) is 3.25. The number of aromatic amines is 1. The summed E-state index contributed by atoms with van der Waals surface area (Å²) in [5.74, 6) is 0.0723. The molecule has 0 radical (unpaired) electrons. The zero-order valence-electron chi connectivity index (χ0n) is 13.9. The van der Waals surface area contributed by atoms with Gasteiger partial charge in [-0.2, -0.15) is 0 Å². The van der Waals surface area contributed by atoms with E-state index in [-0.39, 0.29) is 11.3 Å². The third kappa shape index (κ3) is 2.21. The van der Waals surface area contributed by atoms with Gasteiger partial charge in [-0.3, -0.25) is 4.79 Å². The maximum absolute atomic E-state index is 12.9. The van der Waals surface area contributed by atoms with Crippen LogP contribution in [-0.2, 0) is 5.41 Å². The van der Waals surface area contributed by atoms with Gasteiger partial charge in [0.2, 0.25) is 0 Å². The quantitative estimate of drug-likeness (QED) is 0.739. The summed E-state index contributed by atoms with van der Waals surface area (Å²) in [6, 6.07) is 14.4. The van der Waals surface area contributed by atoms with Gasteiger partial charge in [-0.15, -0.1) is 0 Å². The van der Waals surface area contributed by atoms with Gasteiger partial charge >= 0.3 is 0 Å². The molecule has 1 saturated heterocycles. The third-order valence-corrected chi connectivity index (χ3v) is 5.64. The maximum Gasteiger partial charge on any atom is 0.270 e. The molecule has 1 aliphatic carbocycles. The van der Waals surface area contributed by atoms with Gasteiger partial charge in [-0.25, -0.2) is 4.98 Å². The molecule has 0 saturated carbocycles. The Hall–Kier alpha value is -2.88. The summed E-state index contributed by atoms with van der Waals surface area (Å²) in [4.78, 5) is 22.3. The highest BCUT2D eigenvalue weighted by atomic mass is 16.2. The van der Waals surface area contributed by atoms with Gasteiger partial charge < -0.3 is 9.88 Å². The van der Waals surface area contributed by atoms with Crippen LogP contribution in [0.5, 0.6) is 0 Å². The van der Waals surface area contributed by atoms with E-state index in [9.17, 15) is 4.79 Å². The molecule has 1 fully saturated rings. The first kappa shape index (κ1) is 14.5. The lowest BCUT2D eigenvalue weighted by atomic mass is 9.74. The molecule has 124 valence electrons. The van der Waals surface area contributed by atoms with E-state index in [4.69, 9.17) is 0 Å². The number of rotatable bonds is 1. The Morgan fingerprint density at radius 2 is 1.96 bits per heavy atom. The number of carbonyl (C=O) groups excluding carboxylic acids is 1. The largest absolute Gasteiger partial charge is 0.337 e. The number of carbonyl (C=O) groups is 1. The van der Waals surface area contributed by atoms with Crippen molar-refractivity contribution in [3.63, 3.8) is 0 Å². The van der Waals surface area contributed by atoms with E-state index in [1.54, 1.807) is 6.20 Å². The van der Waals surface area contributed by atoms with Crippen molar-refractivity contribution < 1.29 is 4.79 Å². The van der Waals surface area contributed by atoms with Gasteiger partial charge in [0.25, 0.3) is 5.91 Å². The molecule has 3 aromatic rings. The number of nitrogens with one attached hydrogen (secondary N) is 1. The normalized spacial score (nSPS) is 18.0. The van der Waals surface area contributed by atoms with Crippen molar-refractivity contribution in [2.24, 2.45) is 0 Å². The van der Waals surface area contributed by atoms with E-state index < -0.39 is 0 Å². The number of aromatic nitrogens is 2. The fourth-order valence-electron chi connectivity index (χ4n) is 4.22. The molecule has 1 N–H and O–H groups in total. The van der Waals surface area contributed by atoms with Crippen LogP contribution in [-0.4, -0.2) is 33.9 Å². The van der Waals surface area contributed by atoms with E-state index in [1.807, 2.05) is 23.1 Å². The second kappa shape index (κ2) is 5.31. The minimum Gasteiger partial charge on any atom is -0.337 e. The number of nitrogens with zero attached hydrogens (tertiary/aromatic N) is 2. The van der Waals surface area contributed by atoms with Crippen molar-refractivity contribution in [1.82, 2.24) is 14.9 Å². The molecule has 5 rings (SSSR count). The summed E-state index contributed by atoms with van der Waals surface area (Å²) in [5.41, 5.74) is 4.25. The number of hydrogen-bond acceptors (Lipinski definition) is 2. The van der Waals surface area contributed by atoms with Gasteiger partial charge in [-0.1, -0.05) is 36.4 Å². The summed E-state index contributed by atoms with van der Waals surface area (Å²) in [6.45, 7) is 1.56. The summed E-state index contributed by atoms with van der Waals surface area (Å²) in [5, 5.41) is 0.979. The van der Waals surface area contributed by atoms with Crippen molar-refractivity contribution in [1.29, 1.82) is 0 Å². The molecule has 4 heteroatoms. The highest BCUT2D eigenvalue weighted by Gasteiger charge is 2.39. The monoisotopic (exact) mass is 329 g/mol. The molecule has 1 aromatic carbocycles. The summed E-state index contributed by atoms with van der Waals surface area (Å²) >= 11 is 0. The maximum atomic E-state index is 12.9. The Labute approximate surface area is 146 Å². The van der Waals surface area contributed by atoms with Crippen LogP contribution in [0.4, 0.5) is 0 Å². The Kier molecular flexibility index (Phi) is 3.07. The van der Waals surface area contributed by atoms with Gasteiger partial charge in [-0.05, 0) is 42.2 Å². The summed E-state index contributed by atoms with van der Waals surface area (Å²) in [7, 11) is 0. The molecular weight excluding hydrogens is 310 g/mol. The van der Waals surface area contributed by atoms with E-state index in [0.29, 0.717) is 5.69 Å². The van der Waals surface area contributed by atoms with Crippen molar-refractivity contribution in [3.8, 4) is 0 Å². The van der Waals surface area contributed by atoms with Crippen LogP contribution in [0.3, 0.4) is 0 Å². The van der Waals surface area contributed by atoms with Gasteiger partial charge in [0.15, 0.2) is 0 Å². The molecule has 0 bridgehead atoms.